The average molecular weight is 421 g/mol. The van der Waals surface area contributed by atoms with Crippen molar-refractivity contribution in [1.82, 2.24) is 0 Å². The minimum absolute atomic E-state index is 0.0407. The number of nitrogens with two attached hydrogens (primary N) is 1. The van der Waals surface area contributed by atoms with E-state index in [-0.39, 0.29) is 11.7 Å². The van der Waals surface area contributed by atoms with Crippen LogP contribution in [0.1, 0.15) is 79.2 Å². The van der Waals surface area contributed by atoms with E-state index < -0.39 is 0 Å². The number of hydrogen-bond donors (Lipinski definition) is 1. The second kappa shape index (κ2) is 12.0. The van der Waals surface area contributed by atoms with Crippen LogP contribution in [0.3, 0.4) is 0 Å². The number of rotatable bonds is 12. The van der Waals surface area contributed by atoms with Crippen molar-refractivity contribution < 1.29 is 19.5 Å². The number of quaternary nitrogens is 1. The molecule has 0 amide bonds. The van der Waals surface area contributed by atoms with Crippen molar-refractivity contribution in [3.05, 3.63) is 23.8 Å². The Labute approximate surface area is 185 Å². The number of ether oxygens (including phenoxy) is 3. The van der Waals surface area contributed by atoms with Crippen LogP contribution in [0.5, 0.6) is 11.5 Å². The van der Waals surface area contributed by atoms with Gasteiger partial charge in [0.15, 0.2) is 11.5 Å². The van der Waals surface area contributed by atoms with Crippen LogP contribution in [-0.4, -0.2) is 32.0 Å². The van der Waals surface area contributed by atoms with E-state index in [0.717, 1.165) is 42.4 Å². The fraction of sp³-hybridized carbons (Fsp3) is 0.769. The first kappa shape index (κ1) is 25.0. The van der Waals surface area contributed by atoms with E-state index in [4.69, 9.17) is 14.2 Å². The summed E-state index contributed by atoms with van der Waals surface area (Å²) in [5.41, 5.74) is 1.33. The summed E-state index contributed by atoms with van der Waals surface area (Å²) < 4.78 is 17.3. The second-order valence-corrected chi connectivity index (χ2v) is 10.3. The van der Waals surface area contributed by atoms with Crippen molar-refractivity contribution in [1.29, 1.82) is 0 Å². The SMILES string of the molecule is COc1cc(C[NH2+]CC[C@H](CCC(C)C)[C@H]2CCOC(C)(C)C2)ccc1OC(C)C. The molecule has 2 N–H and O–H groups in total. The first-order chi connectivity index (χ1) is 14.2. The van der Waals surface area contributed by atoms with Gasteiger partial charge in [-0.1, -0.05) is 20.3 Å². The lowest BCUT2D eigenvalue weighted by molar-refractivity contribution is -0.671. The minimum Gasteiger partial charge on any atom is -0.493 e. The molecule has 1 saturated heterocycles. The molecule has 2 atom stereocenters. The van der Waals surface area contributed by atoms with E-state index in [1.165, 1.54) is 44.2 Å². The van der Waals surface area contributed by atoms with Crippen LogP contribution in [0.15, 0.2) is 18.2 Å². The van der Waals surface area contributed by atoms with Gasteiger partial charge in [0.25, 0.3) is 0 Å². The summed E-state index contributed by atoms with van der Waals surface area (Å²) in [6, 6.07) is 6.32. The Morgan fingerprint density at radius 3 is 2.50 bits per heavy atom. The fourth-order valence-electron chi connectivity index (χ4n) is 4.64. The normalized spacial score (nSPS) is 19.8. The number of methoxy groups -OCH3 is 1. The molecule has 1 heterocycles. The van der Waals surface area contributed by atoms with Crippen LogP contribution < -0.4 is 14.8 Å². The van der Waals surface area contributed by atoms with Crippen LogP contribution in [-0.2, 0) is 11.3 Å². The molecule has 2 rings (SSSR count). The van der Waals surface area contributed by atoms with E-state index in [0.29, 0.717) is 0 Å². The molecule has 0 unspecified atom stereocenters. The molecule has 172 valence electrons. The quantitative estimate of drug-likeness (QED) is 0.473. The van der Waals surface area contributed by atoms with Gasteiger partial charge in [-0.15, -0.1) is 0 Å². The molecule has 0 aromatic heterocycles. The second-order valence-electron chi connectivity index (χ2n) is 10.3. The van der Waals surface area contributed by atoms with Gasteiger partial charge in [0.1, 0.15) is 6.54 Å². The highest BCUT2D eigenvalue weighted by molar-refractivity contribution is 5.42. The Balaban J connectivity index is 1.88. The van der Waals surface area contributed by atoms with Gasteiger partial charge >= 0.3 is 0 Å². The van der Waals surface area contributed by atoms with Crippen LogP contribution >= 0.6 is 0 Å². The summed E-state index contributed by atoms with van der Waals surface area (Å²) in [7, 11) is 1.71. The molecule has 4 heteroatoms. The third-order valence-corrected chi connectivity index (χ3v) is 6.23. The van der Waals surface area contributed by atoms with Gasteiger partial charge in [0.2, 0.25) is 0 Å². The summed E-state index contributed by atoms with van der Waals surface area (Å²) in [4.78, 5) is 0. The summed E-state index contributed by atoms with van der Waals surface area (Å²) in [5, 5.41) is 2.45. The van der Waals surface area contributed by atoms with E-state index >= 15 is 0 Å². The third kappa shape index (κ3) is 8.47. The smallest absolute Gasteiger partial charge is 0.161 e. The van der Waals surface area contributed by atoms with Gasteiger partial charge < -0.3 is 19.5 Å². The maximum Gasteiger partial charge on any atom is 0.161 e. The minimum atomic E-state index is 0.0407. The monoisotopic (exact) mass is 420 g/mol. The van der Waals surface area contributed by atoms with Crippen molar-refractivity contribution in [3.63, 3.8) is 0 Å². The summed E-state index contributed by atoms with van der Waals surface area (Å²) in [5.74, 6) is 4.04. The van der Waals surface area contributed by atoms with Crippen LogP contribution in [0, 0.1) is 17.8 Å². The molecule has 1 aromatic carbocycles. The highest BCUT2D eigenvalue weighted by Crippen LogP contribution is 2.37. The van der Waals surface area contributed by atoms with Gasteiger partial charge in [0.05, 0.1) is 25.4 Å². The molecule has 30 heavy (non-hydrogen) atoms. The Morgan fingerprint density at radius 2 is 1.87 bits per heavy atom. The Hall–Kier alpha value is -1.26. The van der Waals surface area contributed by atoms with Crippen molar-refractivity contribution >= 4 is 0 Å². The summed E-state index contributed by atoms with van der Waals surface area (Å²) in [6.45, 7) is 16.3. The summed E-state index contributed by atoms with van der Waals surface area (Å²) >= 11 is 0. The molecule has 0 radical (unpaired) electrons. The summed E-state index contributed by atoms with van der Waals surface area (Å²) in [6.07, 6.45) is 6.54. The largest absolute Gasteiger partial charge is 0.493 e. The van der Waals surface area contributed by atoms with Gasteiger partial charge in [-0.2, -0.15) is 0 Å². The van der Waals surface area contributed by atoms with Crippen LogP contribution in [0.25, 0.3) is 0 Å². The maximum absolute atomic E-state index is 5.98. The molecule has 0 saturated carbocycles. The molecule has 1 aliphatic rings. The lowest BCUT2D eigenvalue weighted by Crippen LogP contribution is -2.82. The Kier molecular flexibility index (Phi) is 9.96. The topological polar surface area (TPSA) is 44.3 Å². The first-order valence-corrected chi connectivity index (χ1v) is 12.0. The zero-order valence-electron chi connectivity index (χ0n) is 20.5. The predicted molar refractivity (Wildman–Crippen MR) is 124 cm³/mol. The highest BCUT2D eigenvalue weighted by atomic mass is 16.5. The molecule has 0 aliphatic carbocycles. The molecule has 0 spiro atoms. The molecule has 1 aliphatic heterocycles. The molecule has 1 fully saturated rings. The van der Waals surface area contributed by atoms with Gasteiger partial charge in [0, 0.05) is 12.2 Å². The number of benzene rings is 1. The van der Waals surface area contributed by atoms with Crippen LogP contribution in [0.4, 0.5) is 0 Å². The predicted octanol–water partition coefficient (Wildman–Crippen LogP) is 5.19. The lowest BCUT2D eigenvalue weighted by Gasteiger charge is -2.39. The standard InChI is InChI=1S/C26H45NO3/c1-19(2)8-10-22(23-13-15-29-26(5,6)17-23)12-14-27-18-21-9-11-24(30-20(3)4)25(16-21)28-7/h9,11,16,19-20,22-23,27H,8,10,12-15,17-18H2,1-7H3/p+1/t22-,23-/m0/s1. The van der Waals surface area contributed by atoms with E-state index in [2.05, 4.69) is 45.1 Å². The van der Waals surface area contributed by atoms with Gasteiger partial charge in [-0.3, -0.25) is 0 Å². The first-order valence-electron chi connectivity index (χ1n) is 12.0. The van der Waals surface area contributed by atoms with E-state index in [1.54, 1.807) is 7.11 Å². The van der Waals surface area contributed by atoms with Crippen molar-refractivity contribution in [3.8, 4) is 11.5 Å². The Morgan fingerprint density at radius 1 is 1.10 bits per heavy atom. The zero-order valence-corrected chi connectivity index (χ0v) is 20.5. The van der Waals surface area contributed by atoms with Crippen molar-refractivity contribution in [2.24, 2.45) is 17.8 Å². The Bertz CT molecular complexity index is 627. The number of hydrogen-bond acceptors (Lipinski definition) is 3. The maximum atomic E-state index is 5.98. The van der Waals surface area contributed by atoms with Gasteiger partial charge in [-0.05, 0) is 89.3 Å². The molecular weight excluding hydrogens is 374 g/mol. The fourth-order valence-corrected chi connectivity index (χ4v) is 4.64. The van der Waals surface area contributed by atoms with Crippen molar-refractivity contribution in [2.75, 3.05) is 20.3 Å². The third-order valence-electron chi connectivity index (χ3n) is 6.23. The average Bonchev–Trinajstić information content (AvgIpc) is 2.66. The highest BCUT2D eigenvalue weighted by Gasteiger charge is 2.33. The lowest BCUT2D eigenvalue weighted by atomic mass is 9.75. The van der Waals surface area contributed by atoms with E-state index in [9.17, 15) is 0 Å². The van der Waals surface area contributed by atoms with Crippen molar-refractivity contribution in [2.45, 2.75) is 91.9 Å². The van der Waals surface area contributed by atoms with E-state index in [1.807, 2.05) is 19.9 Å². The van der Waals surface area contributed by atoms with Crippen LogP contribution in [0.2, 0.25) is 0 Å². The molecule has 4 nitrogen and oxygen atoms in total. The molecular formula is C26H46NO3+. The van der Waals surface area contributed by atoms with Gasteiger partial charge in [-0.25, -0.2) is 0 Å². The molecule has 0 bridgehead atoms. The molecule has 1 aromatic rings. The zero-order chi connectivity index (χ0) is 22.1.